The number of carbonyl (C=O) groups is 1. The lowest BCUT2D eigenvalue weighted by atomic mass is 9.98. The molecule has 6 nitrogen and oxygen atoms in total. The van der Waals surface area contributed by atoms with Crippen molar-refractivity contribution < 1.29 is 4.79 Å². The second-order valence-electron chi connectivity index (χ2n) is 6.38. The number of carbonyl (C=O) groups excluding carboxylic acids is 1. The number of fused-ring (bicyclic) bond motifs is 1. The molecule has 134 valence electrons. The molecule has 2 aromatic rings. The molecule has 25 heavy (non-hydrogen) atoms. The van der Waals surface area contributed by atoms with Crippen LogP contribution >= 0.6 is 12.4 Å². The van der Waals surface area contributed by atoms with E-state index in [2.05, 4.69) is 21.9 Å². The molecule has 0 saturated carbocycles. The third kappa shape index (κ3) is 4.50. The Hall–Kier alpha value is -2.10. The highest BCUT2D eigenvalue weighted by Gasteiger charge is 2.16. The Morgan fingerprint density at radius 2 is 2.20 bits per heavy atom. The topological polar surface area (TPSA) is 82.7 Å². The third-order valence-corrected chi connectivity index (χ3v) is 4.68. The molecule has 2 heterocycles. The molecule has 1 aliphatic rings. The van der Waals surface area contributed by atoms with Crippen molar-refractivity contribution in [2.24, 2.45) is 5.92 Å². The molecule has 1 saturated heterocycles. The number of nitrogens with one attached hydrogen (secondary N) is 2. The average Bonchev–Trinajstić information content (AvgIpc) is 3.00. The second kappa shape index (κ2) is 8.84. The first-order valence-corrected chi connectivity index (χ1v) is 8.51. The number of halogens is 1. The van der Waals surface area contributed by atoms with E-state index >= 15 is 0 Å². The Labute approximate surface area is 154 Å². The molecule has 0 unspecified atom stereocenters. The summed E-state index contributed by atoms with van der Waals surface area (Å²) in [7, 11) is 0. The maximum Gasteiger partial charge on any atom is 0.251 e. The SMILES string of the molecule is Cc1c(C(=O)NCCC#N)ccc2nn(CC3CCNCC3)cc12.Cl. The number of aromatic nitrogens is 2. The molecule has 0 aliphatic carbocycles. The van der Waals surface area contributed by atoms with Crippen molar-refractivity contribution in [3.8, 4) is 6.07 Å². The highest BCUT2D eigenvalue weighted by atomic mass is 35.5. The van der Waals surface area contributed by atoms with Gasteiger partial charge in [0.2, 0.25) is 0 Å². The number of hydrogen-bond donors (Lipinski definition) is 2. The molecule has 1 fully saturated rings. The van der Waals surface area contributed by atoms with Crippen LogP contribution in [0.1, 0.15) is 35.2 Å². The summed E-state index contributed by atoms with van der Waals surface area (Å²) in [5.74, 6) is 0.533. The molecule has 1 aliphatic heterocycles. The lowest BCUT2D eigenvalue weighted by Crippen LogP contribution is -2.29. The molecular weight excluding hydrogens is 338 g/mol. The van der Waals surface area contributed by atoms with Crippen LogP contribution < -0.4 is 10.6 Å². The Kier molecular flexibility index (Phi) is 6.80. The van der Waals surface area contributed by atoms with Gasteiger partial charge in [-0.25, -0.2) is 0 Å². The van der Waals surface area contributed by atoms with Crippen LogP contribution in [0.15, 0.2) is 18.3 Å². The highest BCUT2D eigenvalue weighted by molar-refractivity contribution is 6.00. The molecule has 1 aromatic carbocycles. The summed E-state index contributed by atoms with van der Waals surface area (Å²) < 4.78 is 2.02. The van der Waals surface area contributed by atoms with Crippen LogP contribution in [0, 0.1) is 24.2 Å². The smallest absolute Gasteiger partial charge is 0.251 e. The van der Waals surface area contributed by atoms with Gasteiger partial charge in [-0.2, -0.15) is 10.4 Å². The Morgan fingerprint density at radius 3 is 2.92 bits per heavy atom. The van der Waals surface area contributed by atoms with E-state index in [1.165, 1.54) is 12.8 Å². The standard InChI is InChI=1S/C18H23N5O.ClH/c1-13-15(18(24)21-8-2-7-19)3-4-17-16(13)12-23(22-17)11-14-5-9-20-10-6-14;/h3-4,12,14,20H,2,5-6,8-11H2,1H3,(H,21,24);1H. The first kappa shape index (κ1) is 19.2. The predicted molar refractivity (Wildman–Crippen MR) is 99.9 cm³/mol. The number of aryl methyl sites for hydroxylation is 1. The van der Waals surface area contributed by atoms with Gasteiger partial charge in [-0.15, -0.1) is 12.4 Å². The Morgan fingerprint density at radius 1 is 1.44 bits per heavy atom. The minimum Gasteiger partial charge on any atom is -0.351 e. The van der Waals surface area contributed by atoms with Crippen molar-refractivity contribution in [1.82, 2.24) is 20.4 Å². The van der Waals surface area contributed by atoms with Crippen molar-refractivity contribution >= 4 is 29.2 Å². The monoisotopic (exact) mass is 361 g/mol. The van der Waals surface area contributed by atoms with Gasteiger partial charge in [0.1, 0.15) is 0 Å². The van der Waals surface area contributed by atoms with Crippen LogP contribution in [-0.2, 0) is 6.54 Å². The Bertz CT molecular complexity index is 774. The molecule has 3 rings (SSSR count). The van der Waals surface area contributed by atoms with Crippen LogP contribution in [0.5, 0.6) is 0 Å². The van der Waals surface area contributed by atoms with E-state index in [1.807, 2.05) is 29.8 Å². The minimum absolute atomic E-state index is 0. The van der Waals surface area contributed by atoms with E-state index in [-0.39, 0.29) is 18.3 Å². The number of piperidine rings is 1. The van der Waals surface area contributed by atoms with Gasteiger partial charge in [0.05, 0.1) is 18.0 Å². The summed E-state index contributed by atoms with van der Waals surface area (Å²) >= 11 is 0. The summed E-state index contributed by atoms with van der Waals surface area (Å²) in [6.45, 7) is 5.42. The van der Waals surface area contributed by atoms with Crippen molar-refractivity contribution in [2.45, 2.75) is 32.7 Å². The van der Waals surface area contributed by atoms with E-state index in [9.17, 15) is 4.79 Å². The summed E-state index contributed by atoms with van der Waals surface area (Å²) in [4.78, 5) is 12.3. The molecule has 1 amide bonds. The third-order valence-electron chi connectivity index (χ3n) is 4.68. The summed E-state index contributed by atoms with van der Waals surface area (Å²) in [5, 5.41) is 20.4. The number of amides is 1. The number of benzene rings is 1. The molecule has 0 bridgehead atoms. The molecule has 0 spiro atoms. The van der Waals surface area contributed by atoms with Crippen LogP contribution in [0.3, 0.4) is 0 Å². The van der Waals surface area contributed by atoms with Crippen LogP contribution in [0.4, 0.5) is 0 Å². The molecule has 0 radical (unpaired) electrons. The molecule has 7 heteroatoms. The minimum atomic E-state index is -0.129. The van der Waals surface area contributed by atoms with Crippen molar-refractivity contribution in [3.63, 3.8) is 0 Å². The van der Waals surface area contributed by atoms with Crippen LogP contribution in [0.2, 0.25) is 0 Å². The molecular formula is C18H24ClN5O. The molecule has 2 N–H and O–H groups in total. The van der Waals surface area contributed by atoms with E-state index < -0.39 is 0 Å². The molecule has 1 aromatic heterocycles. The van der Waals surface area contributed by atoms with E-state index in [1.54, 1.807) is 0 Å². The van der Waals surface area contributed by atoms with Gasteiger partial charge >= 0.3 is 0 Å². The normalized spacial score (nSPS) is 14.7. The van der Waals surface area contributed by atoms with E-state index in [4.69, 9.17) is 5.26 Å². The maximum atomic E-state index is 12.3. The van der Waals surface area contributed by atoms with Gasteiger partial charge in [0, 0.05) is 30.2 Å². The lowest BCUT2D eigenvalue weighted by Gasteiger charge is -2.22. The van der Waals surface area contributed by atoms with Gasteiger partial charge in [0.25, 0.3) is 5.91 Å². The Balaban J connectivity index is 0.00000225. The average molecular weight is 362 g/mol. The molecule has 0 atom stereocenters. The summed E-state index contributed by atoms with van der Waals surface area (Å²) in [5.41, 5.74) is 2.52. The van der Waals surface area contributed by atoms with Gasteiger partial charge < -0.3 is 10.6 Å². The summed E-state index contributed by atoms with van der Waals surface area (Å²) in [6, 6.07) is 5.75. The van der Waals surface area contributed by atoms with E-state index in [0.29, 0.717) is 24.4 Å². The second-order valence-corrected chi connectivity index (χ2v) is 6.38. The van der Waals surface area contributed by atoms with Crippen molar-refractivity contribution in [1.29, 1.82) is 5.26 Å². The fourth-order valence-electron chi connectivity index (χ4n) is 3.28. The van der Waals surface area contributed by atoms with Gasteiger partial charge in [-0.05, 0) is 56.5 Å². The number of nitrogens with zero attached hydrogens (tertiary/aromatic N) is 3. The largest absolute Gasteiger partial charge is 0.351 e. The zero-order chi connectivity index (χ0) is 16.9. The van der Waals surface area contributed by atoms with E-state index in [0.717, 1.165) is 36.1 Å². The van der Waals surface area contributed by atoms with Gasteiger partial charge in [-0.3, -0.25) is 9.48 Å². The zero-order valence-corrected chi connectivity index (χ0v) is 15.2. The van der Waals surface area contributed by atoms with Gasteiger partial charge in [0.15, 0.2) is 0 Å². The lowest BCUT2D eigenvalue weighted by molar-refractivity contribution is 0.0954. The summed E-state index contributed by atoms with van der Waals surface area (Å²) in [6.07, 6.45) is 4.74. The van der Waals surface area contributed by atoms with Crippen molar-refractivity contribution in [2.75, 3.05) is 19.6 Å². The number of nitriles is 1. The fourth-order valence-corrected chi connectivity index (χ4v) is 3.28. The fraction of sp³-hybridized carbons (Fsp3) is 0.500. The van der Waals surface area contributed by atoms with Gasteiger partial charge in [-0.1, -0.05) is 0 Å². The first-order valence-electron chi connectivity index (χ1n) is 8.51. The van der Waals surface area contributed by atoms with Crippen LogP contribution in [0.25, 0.3) is 10.9 Å². The predicted octanol–water partition coefficient (Wildman–Crippen LogP) is 2.41. The van der Waals surface area contributed by atoms with Crippen molar-refractivity contribution in [3.05, 3.63) is 29.5 Å². The highest BCUT2D eigenvalue weighted by Crippen LogP contribution is 2.22. The van der Waals surface area contributed by atoms with Crippen LogP contribution in [-0.4, -0.2) is 35.3 Å². The number of rotatable bonds is 5. The quantitative estimate of drug-likeness (QED) is 0.801. The maximum absolute atomic E-state index is 12.3. The number of hydrogen-bond acceptors (Lipinski definition) is 4. The zero-order valence-electron chi connectivity index (χ0n) is 14.4. The first-order chi connectivity index (χ1) is 11.7.